The highest BCUT2D eigenvalue weighted by atomic mass is 32.2. The van der Waals surface area contributed by atoms with Crippen LogP contribution in [0.2, 0.25) is 0 Å². The summed E-state index contributed by atoms with van der Waals surface area (Å²) < 4.78 is 50.1. The Morgan fingerprint density at radius 3 is 2.55 bits per heavy atom. The molecule has 2 aliphatic heterocycles. The predicted molar refractivity (Wildman–Crippen MR) is 105 cm³/mol. The minimum absolute atomic E-state index is 0.0198. The molecule has 29 heavy (non-hydrogen) atoms. The molecule has 0 radical (unpaired) electrons. The monoisotopic (exact) mass is 446 g/mol. The van der Waals surface area contributed by atoms with Crippen LogP contribution in [-0.4, -0.2) is 69.2 Å². The van der Waals surface area contributed by atoms with Gasteiger partial charge in [-0.3, -0.25) is 14.9 Å². The standard InChI is InChI=1S/C16H22N4O7S2/c21-16(18-12-5-8-28(24,25)11-12)10-17-14-4-3-13(20(22)23)9-15(14)29(26,27)19-6-1-2-7-19/h3-4,9,12,17H,1-2,5-8,10-11H2,(H,18,21). The van der Waals surface area contributed by atoms with Crippen LogP contribution in [0.25, 0.3) is 0 Å². The lowest BCUT2D eigenvalue weighted by Crippen LogP contribution is -2.39. The molecule has 2 saturated heterocycles. The molecule has 160 valence electrons. The summed E-state index contributed by atoms with van der Waals surface area (Å²) in [6.07, 6.45) is 1.76. The lowest BCUT2D eigenvalue weighted by molar-refractivity contribution is -0.385. The zero-order valence-corrected chi connectivity index (χ0v) is 17.2. The van der Waals surface area contributed by atoms with Crippen molar-refractivity contribution in [2.75, 3.05) is 36.5 Å². The maximum Gasteiger partial charge on any atom is 0.270 e. The van der Waals surface area contributed by atoms with Crippen LogP contribution in [0.15, 0.2) is 23.1 Å². The number of anilines is 1. The van der Waals surface area contributed by atoms with Crippen molar-refractivity contribution < 1.29 is 26.6 Å². The van der Waals surface area contributed by atoms with Gasteiger partial charge in [0.25, 0.3) is 5.69 Å². The van der Waals surface area contributed by atoms with E-state index in [4.69, 9.17) is 0 Å². The summed E-state index contributed by atoms with van der Waals surface area (Å²) in [4.78, 5) is 22.3. The zero-order chi connectivity index (χ0) is 21.2. The normalized spacial score (nSPS) is 21.7. The van der Waals surface area contributed by atoms with Crippen LogP contribution >= 0.6 is 0 Å². The van der Waals surface area contributed by atoms with Gasteiger partial charge in [-0.15, -0.1) is 0 Å². The van der Waals surface area contributed by atoms with Crippen LogP contribution in [0.1, 0.15) is 19.3 Å². The first-order valence-electron chi connectivity index (χ1n) is 9.11. The summed E-state index contributed by atoms with van der Waals surface area (Å²) in [7, 11) is -7.10. The Kier molecular flexibility index (Phi) is 6.10. The summed E-state index contributed by atoms with van der Waals surface area (Å²) in [6, 6.07) is 2.93. The Morgan fingerprint density at radius 2 is 1.97 bits per heavy atom. The fraction of sp³-hybridized carbons (Fsp3) is 0.562. The average Bonchev–Trinajstić information content (AvgIpc) is 3.30. The molecule has 0 spiro atoms. The predicted octanol–water partition coefficient (Wildman–Crippen LogP) is 0.0945. The number of nitrogens with zero attached hydrogens (tertiary/aromatic N) is 2. The number of non-ortho nitro benzene ring substituents is 1. The first-order chi connectivity index (χ1) is 13.6. The fourth-order valence-electron chi connectivity index (χ4n) is 3.41. The maximum atomic E-state index is 12.9. The highest BCUT2D eigenvalue weighted by molar-refractivity contribution is 7.91. The summed E-state index contributed by atoms with van der Waals surface area (Å²) in [5.74, 6) is -0.591. The van der Waals surface area contributed by atoms with Gasteiger partial charge in [0.05, 0.1) is 28.7 Å². The van der Waals surface area contributed by atoms with E-state index in [-0.39, 0.29) is 34.3 Å². The molecule has 13 heteroatoms. The van der Waals surface area contributed by atoms with Gasteiger partial charge in [-0.05, 0) is 25.3 Å². The molecule has 1 aromatic carbocycles. The van der Waals surface area contributed by atoms with Gasteiger partial charge >= 0.3 is 0 Å². The summed E-state index contributed by atoms with van der Waals surface area (Å²) >= 11 is 0. The number of hydrogen-bond donors (Lipinski definition) is 2. The minimum Gasteiger partial charge on any atom is -0.375 e. The second-order valence-electron chi connectivity index (χ2n) is 7.07. The SMILES string of the molecule is O=C(CNc1ccc([N+](=O)[O-])cc1S(=O)(=O)N1CCCC1)NC1CCS(=O)(=O)C1. The first kappa shape index (κ1) is 21.5. The van der Waals surface area contributed by atoms with Gasteiger partial charge in [-0.25, -0.2) is 16.8 Å². The summed E-state index contributed by atoms with van der Waals surface area (Å²) in [5.41, 5.74) is -0.286. The van der Waals surface area contributed by atoms with Crippen molar-refractivity contribution in [2.45, 2.75) is 30.2 Å². The number of benzene rings is 1. The number of sulfonamides is 1. The van der Waals surface area contributed by atoms with Crippen molar-refractivity contribution in [2.24, 2.45) is 0 Å². The van der Waals surface area contributed by atoms with Crippen LogP contribution in [0.4, 0.5) is 11.4 Å². The van der Waals surface area contributed by atoms with E-state index in [1.807, 2.05) is 0 Å². The Bertz CT molecular complexity index is 1020. The van der Waals surface area contributed by atoms with Crippen LogP contribution < -0.4 is 10.6 Å². The average molecular weight is 447 g/mol. The Morgan fingerprint density at radius 1 is 1.28 bits per heavy atom. The van der Waals surface area contributed by atoms with Crippen molar-refractivity contribution in [1.29, 1.82) is 0 Å². The molecule has 0 aromatic heterocycles. The number of nitro benzene ring substituents is 1. The molecule has 11 nitrogen and oxygen atoms in total. The van der Waals surface area contributed by atoms with Gasteiger partial charge in [-0.2, -0.15) is 4.31 Å². The number of carbonyl (C=O) groups excluding carboxylic acids is 1. The molecule has 2 aliphatic rings. The minimum atomic E-state index is -3.96. The van der Waals surface area contributed by atoms with Crippen molar-refractivity contribution in [3.63, 3.8) is 0 Å². The number of amides is 1. The van der Waals surface area contributed by atoms with E-state index in [0.717, 1.165) is 12.1 Å². The molecule has 2 heterocycles. The van der Waals surface area contributed by atoms with E-state index in [1.165, 1.54) is 10.4 Å². The highest BCUT2D eigenvalue weighted by Crippen LogP contribution is 2.30. The first-order valence-corrected chi connectivity index (χ1v) is 12.4. The van der Waals surface area contributed by atoms with Crippen molar-refractivity contribution in [3.8, 4) is 0 Å². The third-order valence-electron chi connectivity index (χ3n) is 4.90. The fourth-order valence-corrected chi connectivity index (χ4v) is 6.79. The number of sulfone groups is 1. The van der Waals surface area contributed by atoms with Crippen LogP contribution in [0, 0.1) is 10.1 Å². The second-order valence-corrected chi connectivity index (χ2v) is 11.2. The van der Waals surface area contributed by atoms with Crippen LogP contribution in [0.5, 0.6) is 0 Å². The van der Waals surface area contributed by atoms with E-state index in [0.29, 0.717) is 32.4 Å². The quantitative estimate of drug-likeness (QED) is 0.441. The third-order valence-corrected chi connectivity index (χ3v) is 8.60. The lowest BCUT2D eigenvalue weighted by Gasteiger charge is -2.19. The molecule has 1 unspecified atom stereocenters. The van der Waals surface area contributed by atoms with Crippen LogP contribution in [-0.2, 0) is 24.7 Å². The van der Waals surface area contributed by atoms with Gasteiger partial charge in [0.15, 0.2) is 9.84 Å². The van der Waals surface area contributed by atoms with E-state index in [9.17, 15) is 31.7 Å². The molecular weight excluding hydrogens is 424 g/mol. The molecule has 2 fully saturated rings. The van der Waals surface area contributed by atoms with E-state index >= 15 is 0 Å². The van der Waals surface area contributed by atoms with Gasteiger partial charge in [0.2, 0.25) is 15.9 Å². The summed E-state index contributed by atoms with van der Waals surface area (Å²) in [6.45, 7) is 0.374. The molecule has 3 rings (SSSR count). The third kappa shape index (κ3) is 5.03. The van der Waals surface area contributed by atoms with Crippen molar-refractivity contribution in [1.82, 2.24) is 9.62 Å². The zero-order valence-electron chi connectivity index (χ0n) is 15.5. The molecule has 1 amide bonds. The van der Waals surface area contributed by atoms with E-state index in [2.05, 4.69) is 10.6 Å². The number of rotatable bonds is 7. The Balaban J connectivity index is 1.76. The number of nitro groups is 1. The van der Waals surface area contributed by atoms with E-state index in [1.54, 1.807) is 0 Å². The van der Waals surface area contributed by atoms with Gasteiger partial charge in [-0.1, -0.05) is 0 Å². The van der Waals surface area contributed by atoms with Gasteiger partial charge in [0, 0.05) is 31.3 Å². The number of hydrogen-bond acceptors (Lipinski definition) is 8. The maximum absolute atomic E-state index is 12.9. The largest absolute Gasteiger partial charge is 0.375 e. The molecule has 1 aromatic rings. The van der Waals surface area contributed by atoms with Gasteiger partial charge < -0.3 is 10.6 Å². The molecular formula is C16H22N4O7S2. The number of nitrogens with one attached hydrogen (secondary N) is 2. The van der Waals surface area contributed by atoms with Crippen LogP contribution in [0.3, 0.4) is 0 Å². The smallest absolute Gasteiger partial charge is 0.270 e. The molecule has 0 bridgehead atoms. The topological polar surface area (TPSA) is 156 Å². The second kappa shape index (κ2) is 8.24. The van der Waals surface area contributed by atoms with Crippen molar-refractivity contribution >= 4 is 37.1 Å². The highest BCUT2D eigenvalue weighted by Gasteiger charge is 2.32. The lowest BCUT2D eigenvalue weighted by atomic mass is 10.2. The Hall–Kier alpha value is -2.25. The number of carbonyl (C=O) groups is 1. The van der Waals surface area contributed by atoms with Gasteiger partial charge in [0.1, 0.15) is 4.90 Å². The molecule has 0 aliphatic carbocycles. The molecule has 1 atom stereocenters. The Labute approximate surface area is 168 Å². The summed E-state index contributed by atoms with van der Waals surface area (Å²) in [5, 5.41) is 16.4. The molecule has 2 N–H and O–H groups in total. The van der Waals surface area contributed by atoms with E-state index < -0.39 is 36.7 Å². The van der Waals surface area contributed by atoms with Crippen molar-refractivity contribution in [3.05, 3.63) is 28.3 Å². The molecule has 0 saturated carbocycles.